The molecule has 27 heavy (non-hydrogen) atoms. The number of dihydropyridines is 1. The minimum atomic E-state index is -0.323. The Morgan fingerprint density at radius 3 is 2.85 bits per heavy atom. The van der Waals surface area contributed by atoms with E-state index < -0.39 is 0 Å². The van der Waals surface area contributed by atoms with Crippen molar-refractivity contribution in [1.29, 1.82) is 0 Å². The van der Waals surface area contributed by atoms with Gasteiger partial charge in [-0.3, -0.25) is 4.79 Å². The predicted octanol–water partition coefficient (Wildman–Crippen LogP) is 4.65. The number of hydrogen-bond acceptors (Lipinski definition) is 6. The second kappa shape index (κ2) is 8.23. The summed E-state index contributed by atoms with van der Waals surface area (Å²) in [6.45, 7) is 8.61. The second-order valence-electron chi connectivity index (χ2n) is 7.78. The first-order chi connectivity index (χ1) is 12.8. The Morgan fingerprint density at radius 2 is 2.19 bits per heavy atom. The van der Waals surface area contributed by atoms with Gasteiger partial charge >= 0.3 is 5.97 Å². The number of carbonyl (C=O) groups is 2. The molecule has 0 unspecified atom stereocenters. The number of hydrogen-bond donors (Lipinski definition) is 1. The van der Waals surface area contributed by atoms with E-state index in [2.05, 4.69) is 26.1 Å². The van der Waals surface area contributed by atoms with E-state index in [0.29, 0.717) is 18.6 Å². The van der Waals surface area contributed by atoms with Crippen LogP contribution < -0.4 is 5.32 Å². The lowest BCUT2D eigenvalue weighted by molar-refractivity contribution is -0.138. The van der Waals surface area contributed by atoms with Crippen molar-refractivity contribution in [3.8, 4) is 0 Å². The number of ether oxygens (including phenoxy) is 1. The van der Waals surface area contributed by atoms with E-state index in [-0.39, 0.29) is 23.1 Å². The molecule has 4 nitrogen and oxygen atoms in total. The summed E-state index contributed by atoms with van der Waals surface area (Å²) < 4.78 is 5.55. The smallest absolute Gasteiger partial charge is 0.336 e. The van der Waals surface area contributed by atoms with Gasteiger partial charge in [0.15, 0.2) is 5.78 Å². The molecule has 0 spiro atoms. The molecule has 0 bridgehead atoms. The van der Waals surface area contributed by atoms with Crippen LogP contribution in [0.25, 0.3) is 0 Å². The molecule has 3 rings (SSSR count). The molecule has 0 aromatic carbocycles. The zero-order chi connectivity index (χ0) is 19.6. The molecule has 0 saturated heterocycles. The van der Waals surface area contributed by atoms with E-state index in [4.69, 9.17) is 4.74 Å². The zero-order valence-electron chi connectivity index (χ0n) is 16.4. The van der Waals surface area contributed by atoms with Crippen LogP contribution >= 0.6 is 23.1 Å². The summed E-state index contributed by atoms with van der Waals surface area (Å²) in [6, 6.07) is 3.97. The van der Waals surface area contributed by atoms with Gasteiger partial charge in [-0.1, -0.05) is 26.8 Å². The monoisotopic (exact) mass is 405 g/mol. The normalized spacial score (nSPS) is 21.8. The van der Waals surface area contributed by atoms with Gasteiger partial charge in [0.1, 0.15) is 6.61 Å². The Kier molecular flexibility index (Phi) is 6.16. The second-order valence-corrected chi connectivity index (χ2v) is 10.2. The molecule has 1 atom stereocenters. The van der Waals surface area contributed by atoms with Gasteiger partial charge in [-0.15, -0.1) is 11.3 Å². The highest BCUT2D eigenvalue weighted by atomic mass is 32.2. The third-order valence-electron chi connectivity index (χ3n) is 4.95. The molecule has 1 aliphatic carbocycles. The van der Waals surface area contributed by atoms with Crippen LogP contribution in [-0.4, -0.2) is 29.9 Å². The highest BCUT2D eigenvalue weighted by Gasteiger charge is 2.43. The average Bonchev–Trinajstić information content (AvgIpc) is 3.10. The first kappa shape index (κ1) is 20.2. The largest absolute Gasteiger partial charge is 0.461 e. The van der Waals surface area contributed by atoms with Crippen molar-refractivity contribution in [3.63, 3.8) is 0 Å². The molecule has 1 aliphatic heterocycles. The molecule has 1 aromatic rings. The van der Waals surface area contributed by atoms with Crippen LogP contribution in [0.4, 0.5) is 0 Å². The van der Waals surface area contributed by atoms with Gasteiger partial charge in [-0.25, -0.2) is 4.79 Å². The fourth-order valence-corrected chi connectivity index (χ4v) is 5.20. The van der Waals surface area contributed by atoms with Gasteiger partial charge in [-0.05, 0) is 36.0 Å². The van der Waals surface area contributed by atoms with Crippen molar-refractivity contribution in [2.24, 2.45) is 5.41 Å². The van der Waals surface area contributed by atoms with E-state index in [1.807, 2.05) is 24.4 Å². The summed E-state index contributed by atoms with van der Waals surface area (Å²) in [5.41, 5.74) is 3.01. The first-order valence-electron chi connectivity index (χ1n) is 9.36. The Morgan fingerprint density at radius 1 is 1.41 bits per heavy atom. The summed E-state index contributed by atoms with van der Waals surface area (Å²) in [5.74, 6) is 1.27. The Labute approximate surface area is 169 Å². The molecule has 1 aromatic heterocycles. The van der Waals surface area contributed by atoms with Gasteiger partial charge in [0, 0.05) is 34.0 Å². The lowest BCUT2D eigenvalue weighted by Gasteiger charge is -2.39. The number of esters is 1. The van der Waals surface area contributed by atoms with Crippen LogP contribution in [0.15, 0.2) is 40.1 Å². The van der Waals surface area contributed by atoms with E-state index in [1.165, 1.54) is 0 Å². The van der Waals surface area contributed by atoms with Crippen LogP contribution in [0.3, 0.4) is 0 Å². The number of thioether (sulfide) groups is 1. The van der Waals surface area contributed by atoms with Crippen molar-refractivity contribution in [1.82, 2.24) is 5.32 Å². The van der Waals surface area contributed by atoms with E-state index >= 15 is 0 Å². The van der Waals surface area contributed by atoms with E-state index in [1.54, 1.807) is 23.1 Å². The molecule has 2 aliphatic rings. The summed E-state index contributed by atoms with van der Waals surface area (Å²) >= 11 is 3.33. The van der Waals surface area contributed by atoms with Crippen molar-refractivity contribution in [3.05, 3.63) is 44.9 Å². The molecule has 1 N–H and O–H groups in total. The van der Waals surface area contributed by atoms with Gasteiger partial charge in [0.2, 0.25) is 0 Å². The van der Waals surface area contributed by atoms with Crippen molar-refractivity contribution in [2.45, 2.75) is 46.5 Å². The zero-order valence-corrected chi connectivity index (χ0v) is 18.0. The molecule has 146 valence electrons. The van der Waals surface area contributed by atoms with E-state index in [0.717, 1.165) is 39.8 Å². The number of rotatable bonds is 6. The van der Waals surface area contributed by atoms with Gasteiger partial charge < -0.3 is 10.1 Å². The Balaban J connectivity index is 1.96. The molecule has 0 radical (unpaired) electrons. The maximum atomic E-state index is 13.1. The molecule has 2 heterocycles. The molecule has 0 saturated carbocycles. The molecular weight excluding hydrogens is 378 g/mol. The summed E-state index contributed by atoms with van der Waals surface area (Å²) in [5, 5.41) is 5.36. The van der Waals surface area contributed by atoms with Crippen LogP contribution in [0, 0.1) is 5.41 Å². The number of nitrogens with one attached hydrogen (secondary N) is 1. The van der Waals surface area contributed by atoms with E-state index in [9.17, 15) is 9.59 Å². The van der Waals surface area contributed by atoms with Gasteiger partial charge in [0.05, 0.1) is 11.5 Å². The van der Waals surface area contributed by atoms with Crippen LogP contribution in [0.1, 0.15) is 51.3 Å². The fourth-order valence-electron chi connectivity index (χ4n) is 3.86. The minimum absolute atomic E-state index is 0.0708. The third kappa shape index (κ3) is 4.32. The Hall–Kier alpha value is -1.53. The van der Waals surface area contributed by atoms with Crippen LogP contribution in [-0.2, 0) is 14.3 Å². The maximum absolute atomic E-state index is 13.1. The van der Waals surface area contributed by atoms with Gasteiger partial charge in [-0.2, -0.15) is 11.8 Å². The van der Waals surface area contributed by atoms with Crippen LogP contribution in [0.5, 0.6) is 0 Å². The number of carbonyl (C=O) groups excluding carboxylic acids is 2. The lowest BCUT2D eigenvalue weighted by atomic mass is 9.70. The van der Waals surface area contributed by atoms with Crippen molar-refractivity contribution in [2.75, 3.05) is 18.1 Å². The third-order valence-corrected chi connectivity index (χ3v) is 6.75. The summed E-state index contributed by atoms with van der Waals surface area (Å²) in [4.78, 5) is 27.0. The number of thiophene rings is 1. The predicted molar refractivity (Wildman–Crippen MR) is 112 cm³/mol. The highest BCUT2D eigenvalue weighted by Crippen LogP contribution is 2.47. The maximum Gasteiger partial charge on any atom is 0.336 e. The lowest BCUT2D eigenvalue weighted by Crippen LogP contribution is -2.38. The topological polar surface area (TPSA) is 55.4 Å². The minimum Gasteiger partial charge on any atom is -0.461 e. The van der Waals surface area contributed by atoms with Crippen molar-refractivity contribution < 1.29 is 14.3 Å². The average molecular weight is 406 g/mol. The fraction of sp³-hybridized carbons (Fsp3) is 0.524. The standard InChI is InChI=1S/C21H27NO3S2/c1-5-26-10-8-25-20(24)17-13(2)22-14-11-21(3,4)12-15(23)18(14)19(17)16-7-6-9-27-16/h6-7,9,19,22H,5,8,10-12H2,1-4H3/t19-/m1/s1. The first-order valence-corrected chi connectivity index (χ1v) is 11.4. The molecule has 0 amide bonds. The highest BCUT2D eigenvalue weighted by molar-refractivity contribution is 7.99. The summed E-state index contributed by atoms with van der Waals surface area (Å²) in [6.07, 6.45) is 1.31. The van der Waals surface area contributed by atoms with Crippen LogP contribution in [0.2, 0.25) is 0 Å². The van der Waals surface area contributed by atoms with Gasteiger partial charge in [0.25, 0.3) is 0 Å². The summed E-state index contributed by atoms with van der Waals surface area (Å²) in [7, 11) is 0. The number of Topliss-reactive ketones (excluding diaryl/α,β-unsaturated/α-hetero) is 1. The quantitative estimate of drug-likeness (QED) is 0.551. The number of allylic oxidation sites excluding steroid dienone is 3. The number of ketones is 1. The van der Waals surface area contributed by atoms with Crippen molar-refractivity contribution >= 4 is 34.9 Å². The SMILES string of the molecule is CCSCCOC(=O)C1=C(C)NC2=C(C(=O)CC(C)(C)C2)[C@@H]1c1cccs1. The Bertz CT molecular complexity index is 790. The molecular formula is C21H27NO3S2. The molecule has 0 fully saturated rings. The molecule has 6 heteroatoms.